The van der Waals surface area contributed by atoms with E-state index in [0.717, 1.165) is 4.57 Å². The van der Waals surface area contributed by atoms with Gasteiger partial charge in [-0.15, -0.1) is 13.2 Å². The Balaban J connectivity index is 2.30. The summed E-state index contributed by atoms with van der Waals surface area (Å²) in [6.45, 7) is 9.26. The number of fused-ring (bicyclic) bond motifs is 1. The second kappa shape index (κ2) is 7.41. The van der Waals surface area contributed by atoms with Crippen LogP contribution in [0.3, 0.4) is 0 Å². The highest BCUT2D eigenvalue weighted by molar-refractivity contribution is 5.69. The van der Waals surface area contributed by atoms with Gasteiger partial charge in [-0.25, -0.2) is 9.78 Å². The van der Waals surface area contributed by atoms with Gasteiger partial charge in [-0.3, -0.25) is 18.8 Å². The molecular weight excluding hydrogens is 310 g/mol. The molecule has 24 heavy (non-hydrogen) atoms. The van der Waals surface area contributed by atoms with Gasteiger partial charge in [0.05, 0.1) is 19.0 Å². The topological polar surface area (TPSA) is 85.3 Å². The molecule has 0 saturated heterocycles. The number of hydrogen-bond acceptors (Lipinski definition) is 5. The Morgan fingerprint density at radius 1 is 1.25 bits per heavy atom. The highest BCUT2D eigenvalue weighted by atomic mass is 16.3. The Morgan fingerprint density at radius 3 is 2.46 bits per heavy atom. The number of aliphatic hydroxyl groups excluding tert-OH is 1. The summed E-state index contributed by atoms with van der Waals surface area (Å²) in [5, 5.41) is 10.4. The highest BCUT2D eigenvalue weighted by Gasteiger charge is 2.17. The molecule has 2 aromatic heterocycles. The maximum atomic E-state index is 12.4. The number of aromatic nitrogens is 4. The first-order chi connectivity index (χ1) is 11.4. The van der Waals surface area contributed by atoms with Gasteiger partial charge in [0.15, 0.2) is 11.2 Å². The molecule has 0 saturated carbocycles. The lowest BCUT2D eigenvalue weighted by Gasteiger charge is -2.22. The Morgan fingerprint density at radius 2 is 1.88 bits per heavy atom. The van der Waals surface area contributed by atoms with E-state index in [-0.39, 0.29) is 6.54 Å². The van der Waals surface area contributed by atoms with Gasteiger partial charge in [0, 0.05) is 33.7 Å². The van der Waals surface area contributed by atoms with E-state index in [0.29, 0.717) is 30.8 Å². The molecular formula is C16H23N5O3. The number of imidazole rings is 1. The van der Waals surface area contributed by atoms with E-state index in [9.17, 15) is 14.7 Å². The fraction of sp³-hybridized carbons (Fsp3) is 0.438. The van der Waals surface area contributed by atoms with Crippen LogP contribution in [0.1, 0.15) is 0 Å². The Kier molecular flexibility index (Phi) is 5.53. The summed E-state index contributed by atoms with van der Waals surface area (Å²) in [6, 6.07) is 0. The minimum absolute atomic E-state index is 0.203. The Labute approximate surface area is 139 Å². The first-order valence-corrected chi connectivity index (χ1v) is 7.63. The van der Waals surface area contributed by atoms with E-state index in [1.54, 1.807) is 23.8 Å². The zero-order chi connectivity index (χ0) is 17.9. The Bertz CT molecular complexity index is 851. The molecule has 8 heteroatoms. The van der Waals surface area contributed by atoms with Crippen LogP contribution in [0, 0.1) is 0 Å². The third-order valence-corrected chi connectivity index (χ3v) is 3.87. The molecule has 2 heterocycles. The normalized spacial score (nSPS) is 12.7. The van der Waals surface area contributed by atoms with Gasteiger partial charge in [-0.2, -0.15) is 0 Å². The minimum atomic E-state index is -0.704. The van der Waals surface area contributed by atoms with E-state index in [2.05, 4.69) is 18.1 Å². The predicted octanol–water partition coefficient (Wildman–Crippen LogP) is -0.531. The summed E-state index contributed by atoms with van der Waals surface area (Å²) in [7, 11) is 2.99. The number of hydrogen-bond donors (Lipinski definition) is 1. The standard InChI is InChI=1S/C16H23N5O3/c1-5-7-20(8-6-2)9-12(22)10-21-11-17-14-13(21)15(23)19(4)16(24)18(14)3/h5-6,11-12,22H,1-2,7-10H2,3-4H3/t12-/m0/s1. The van der Waals surface area contributed by atoms with Crippen molar-refractivity contribution in [2.75, 3.05) is 19.6 Å². The number of rotatable bonds is 8. The first kappa shape index (κ1) is 17.9. The van der Waals surface area contributed by atoms with Gasteiger partial charge < -0.3 is 9.67 Å². The average molecular weight is 333 g/mol. The number of nitrogens with zero attached hydrogens (tertiary/aromatic N) is 5. The molecule has 130 valence electrons. The highest BCUT2D eigenvalue weighted by Crippen LogP contribution is 2.07. The Hall–Kier alpha value is -2.45. The van der Waals surface area contributed by atoms with E-state index in [1.807, 2.05) is 4.90 Å². The molecule has 0 aliphatic heterocycles. The monoisotopic (exact) mass is 333 g/mol. The molecule has 0 radical (unpaired) electrons. The summed E-state index contributed by atoms with van der Waals surface area (Å²) in [4.78, 5) is 30.4. The summed E-state index contributed by atoms with van der Waals surface area (Å²) < 4.78 is 3.94. The van der Waals surface area contributed by atoms with Crippen molar-refractivity contribution < 1.29 is 5.11 Å². The fourth-order valence-corrected chi connectivity index (χ4v) is 2.71. The van der Waals surface area contributed by atoms with Crippen LogP contribution in [-0.2, 0) is 20.6 Å². The van der Waals surface area contributed by atoms with Crippen molar-refractivity contribution in [3.63, 3.8) is 0 Å². The molecule has 0 bridgehead atoms. The van der Waals surface area contributed by atoms with Crippen LogP contribution >= 0.6 is 0 Å². The van der Waals surface area contributed by atoms with E-state index >= 15 is 0 Å². The summed E-state index contributed by atoms with van der Waals surface area (Å²) in [5.41, 5.74) is -0.241. The zero-order valence-corrected chi connectivity index (χ0v) is 14.1. The molecule has 1 N–H and O–H groups in total. The van der Waals surface area contributed by atoms with E-state index < -0.39 is 17.4 Å². The van der Waals surface area contributed by atoms with Crippen LogP contribution in [0.25, 0.3) is 11.2 Å². The maximum absolute atomic E-state index is 12.4. The fourth-order valence-electron chi connectivity index (χ4n) is 2.71. The summed E-state index contributed by atoms with van der Waals surface area (Å²) in [6.07, 6.45) is 4.28. The molecule has 2 aromatic rings. The smallest absolute Gasteiger partial charge is 0.332 e. The van der Waals surface area contributed by atoms with Crippen LogP contribution in [-0.4, -0.2) is 54.4 Å². The third kappa shape index (κ3) is 3.39. The van der Waals surface area contributed by atoms with Crippen molar-refractivity contribution in [2.24, 2.45) is 14.1 Å². The molecule has 2 rings (SSSR count). The van der Waals surface area contributed by atoms with Crippen LogP contribution < -0.4 is 11.2 Å². The van der Waals surface area contributed by atoms with Crippen molar-refractivity contribution >= 4 is 11.2 Å². The predicted molar refractivity (Wildman–Crippen MR) is 93.1 cm³/mol. The number of aryl methyl sites for hydroxylation is 1. The third-order valence-electron chi connectivity index (χ3n) is 3.87. The van der Waals surface area contributed by atoms with Crippen molar-refractivity contribution in [1.29, 1.82) is 0 Å². The number of aliphatic hydroxyl groups is 1. The lowest BCUT2D eigenvalue weighted by Crippen LogP contribution is -2.38. The molecule has 1 atom stereocenters. The second-order valence-electron chi connectivity index (χ2n) is 5.72. The minimum Gasteiger partial charge on any atom is -0.390 e. The van der Waals surface area contributed by atoms with Crippen molar-refractivity contribution in [3.8, 4) is 0 Å². The molecule has 0 amide bonds. The van der Waals surface area contributed by atoms with Crippen molar-refractivity contribution in [3.05, 3.63) is 52.5 Å². The SMILES string of the molecule is C=CCN(CC=C)C[C@H](O)Cn1cnc2c1c(=O)n(C)c(=O)n2C. The first-order valence-electron chi connectivity index (χ1n) is 7.63. The van der Waals surface area contributed by atoms with Crippen LogP contribution in [0.2, 0.25) is 0 Å². The average Bonchev–Trinajstić information content (AvgIpc) is 2.95. The second-order valence-corrected chi connectivity index (χ2v) is 5.72. The van der Waals surface area contributed by atoms with Gasteiger partial charge >= 0.3 is 5.69 Å². The molecule has 0 fully saturated rings. The molecule has 0 unspecified atom stereocenters. The van der Waals surface area contributed by atoms with Crippen molar-refractivity contribution in [2.45, 2.75) is 12.6 Å². The van der Waals surface area contributed by atoms with Crippen molar-refractivity contribution in [1.82, 2.24) is 23.6 Å². The van der Waals surface area contributed by atoms with Gasteiger partial charge in [0.1, 0.15) is 0 Å². The van der Waals surface area contributed by atoms with Gasteiger partial charge in [-0.1, -0.05) is 12.2 Å². The van der Waals surface area contributed by atoms with E-state index in [4.69, 9.17) is 0 Å². The van der Waals surface area contributed by atoms with Crippen LogP contribution in [0.5, 0.6) is 0 Å². The lowest BCUT2D eigenvalue weighted by molar-refractivity contribution is 0.109. The molecule has 0 aliphatic carbocycles. The quantitative estimate of drug-likeness (QED) is 0.657. The summed E-state index contributed by atoms with van der Waals surface area (Å²) >= 11 is 0. The largest absolute Gasteiger partial charge is 0.390 e. The molecule has 0 aromatic carbocycles. The van der Waals surface area contributed by atoms with Gasteiger partial charge in [0.25, 0.3) is 5.56 Å². The molecule has 0 spiro atoms. The van der Waals surface area contributed by atoms with Crippen LogP contribution in [0.15, 0.2) is 41.2 Å². The van der Waals surface area contributed by atoms with Gasteiger partial charge in [-0.05, 0) is 0 Å². The molecule has 0 aliphatic rings. The lowest BCUT2D eigenvalue weighted by atomic mass is 10.3. The van der Waals surface area contributed by atoms with Gasteiger partial charge in [0.2, 0.25) is 0 Å². The zero-order valence-electron chi connectivity index (χ0n) is 14.1. The maximum Gasteiger partial charge on any atom is 0.332 e. The summed E-state index contributed by atoms with van der Waals surface area (Å²) in [5.74, 6) is 0. The van der Waals surface area contributed by atoms with Crippen LogP contribution in [0.4, 0.5) is 0 Å². The molecule has 8 nitrogen and oxygen atoms in total. The van der Waals surface area contributed by atoms with E-state index in [1.165, 1.54) is 17.9 Å².